The van der Waals surface area contributed by atoms with E-state index in [0.717, 1.165) is 17.8 Å². The van der Waals surface area contributed by atoms with Crippen LogP contribution in [0.15, 0.2) is 78.3 Å². The maximum Gasteiger partial charge on any atom is 0.234 e. The lowest BCUT2D eigenvalue weighted by Crippen LogP contribution is -2.14. The molecule has 0 fully saturated rings. The summed E-state index contributed by atoms with van der Waals surface area (Å²) >= 11 is 1.32. The van der Waals surface area contributed by atoms with Crippen molar-refractivity contribution in [2.45, 2.75) is 18.5 Å². The molecule has 0 radical (unpaired) electrons. The summed E-state index contributed by atoms with van der Waals surface area (Å²) in [6, 6.07) is 17.6. The molecule has 4 rings (SSSR count). The Bertz CT molecular complexity index is 1110. The summed E-state index contributed by atoms with van der Waals surface area (Å²) in [7, 11) is 0. The number of aryl methyl sites for hydroxylation is 1. The first-order valence-corrected chi connectivity index (χ1v) is 10.5. The van der Waals surface area contributed by atoms with E-state index in [0.29, 0.717) is 16.7 Å². The lowest BCUT2D eigenvalue weighted by Gasteiger charge is -2.10. The highest BCUT2D eigenvalue weighted by atomic mass is 32.2. The van der Waals surface area contributed by atoms with Crippen LogP contribution >= 0.6 is 11.8 Å². The van der Waals surface area contributed by atoms with E-state index in [1.54, 1.807) is 18.6 Å². The number of thioether (sulfide) groups is 1. The van der Waals surface area contributed by atoms with E-state index in [1.165, 1.54) is 17.3 Å². The van der Waals surface area contributed by atoms with Gasteiger partial charge in [-0.25, -0.2) is 4.98 Å². The van der Waals surface area contributed by atoms with Crippen molar-refractivity contribution >= 4 is 23.4 Å². The Morgan fingerprint density at radius 3 is 2.53 bits per heavy atom. The third kappa shape index (κ3) is 4.55. The van der Waals surface area contributed by atoms with Crippen LogP contribution in [0.4, 0.5) is 5.69 Å². The fourth-order valence-electron chi connectivity index (χ4n) is 2.90. The summed E-state index contributed by atoms with van der Waals surface area (Å²) in [6.45, 7) is 2.10. The molecule has 30 heavy (non-hydrogen) atoms. The van der Waals surface area contributed by atoms with Crippen LogP contribution in [0.25, 0.3) is 17.2 Å². The number of aromatic nitrogens is 5. The molecule has 0 aliphatic heterocycles. The Labute approximate surface area is 178 Å². The highest BCUT2D eigenvalue weighted by molar-refractivity contribution is 7.99. The van der Waals surface area contributed by atoms with Crippen molar-refractivity contribution in [2.24, 2.45) is 0 Å². The van der Waals surface area contributed by atoms with Crippen LogP contribution in [0, 0.1) is 0 Å². The normalized spacial score (nSPS) is 10.7. The van der Waals surface area contributed by atoms with E-state index in [-0.39, 0.29) is 11.7 Å². The first-order chi connectivity index (χ1) is 14.7. The molecule has 2 aromatic carbocycles. The number of benzene rings is 2. The summed E-state index contributed by atoms with van der Waals surface area (Å²) in [5.74, 6) is 0.682. The van der Waals surface area contributed by atoms with Crippen LogP contribution in [0.1, 0.15) is 12.5 Å². The molecular formula is C22H20N6OS. The van der Waals surface area contributed by atoms with Crippen molar-refractivity contribution < 1.29 is 4.79 Å². The van der Waals surface area contributed by atoms with Gasteiger partial charge in [0, 0.05) is 23.8 Å². The molecule has 0 aliphatic carbocycles. The minimum absolute atomic E-state index is 0.104. The number of rotatable bonds is 7. The van der Waals surface area contributed by atoms with E-state index in [2.05, 4.69) is 32.4 Å². The van der Waals surface area contributed by atoms with Crippen LogP contribution in [0.2, 0.25) is 0 Å². The third-order valence-corrected chi connectivity index (χ3v) is 5.35. The predicted octanol–water partition coefficient (Wildman–Crippen LogP) is 4.02. The summed E-state index contributed by atoms with van der Waals surface area (Å²) in [6.07, 6.45) is 5.83. The number of amides is 1. The highest BCUT2D eigenvalue weighted by Crippen LogP contribution is 2.26. The second-order valence-corrected chi connectivity index (χ2v) is 7.40. The lowest BCUT2D eigenvalue weighted by atomic mass is 10.1. The molecule has 7 nitrogen and oxygen atoms in total. The number of anilines is 1. The first kappa shape index (κ1) is 19.8. The molecule has 4 aromatic rings. The van der Waals surface area contributed by atoms with Crippen LogP contribution in [-0.4, -0.2) is 36.4 Å². The van der Waals surface area contributed by atoms with Gasteiger partial charge < -0.3 is 5.32 Å². The van der Waals surface area contributed by atoms with Crippen molar-refractivity contribution in [3.63, 3.8) is 0 Å². The van der Waals surface area contributed by atoms with Gasteiger partial charge in [0.2, 0.25) is 5.91 Å². The molecule has 0 saturated carbocycles. The minimum Gasteiger partial charge on any atom is -0.325 e. The Balaban J connectivity index is 1.54. The van der Waals surface area contributed by atoms with Crippen LogP contribution in [0.3, 0.4) is 0 Å². The van der Waals surface area contributed by atoms with Crippen molar-refractivity contribution in [3.05, 3.63) is 78.8 Å². The van der Waals surface area contributed by atoms with Gasteiger partial charge in [0.25, 0.3) is 0 Å². The number of para-hydroxylation sites is 1. The SMILES string of the molecule is CCc1ccc(NC(=O)CSc2nnc(-c3cnccn3)n2-c2ccccc2)cc1. The molecule has 0 saturated heterocycles. The Hall–Kier alpha value is -3.52. The van der Waals surface area contributed by atoms with Gasteiger partial charge in [-0.15, -0.1) is 10.2 Å². The van der Waals surface area contributed by atoms with Gasteiger partial charge in [0.15, 0.2) is 11.0 Å². The van der Waals surface area contributed by atoms with Gasteiger partial charge in [-0.1, -0.05) is 49.0 Å². The Morgan fingerprint density at radius 1 is 1.03 bits per heavy atom. The molecule has 2 aromatic heterocycles. The van der Waals surface area contributed by atoms with Crippen LogP contribution < -0.4 is 5.32 Å². The van der Waals surface area contributed by atoms with Crippen LogP contribution in [0.5, 0.6) is 0 Å². The van der Waals surface area contributed by atoms with E-state index >= 15 is 0 Å². The van der Waals surface area contributed by atoms with Gasteiger partial charge >= 0.3 is 0 Å². The molecule has 2 heterocycles. The number of nitrogens with zero attached hydrogens (tertiary/aromatic N) is 5. The second-order valence-electron chi connectivity index (χ2n) is 6.46. The molecule has 0 aliphatic rings. The average Bonchev–Trinajstić information content (AvgIpc) is 3.23. The van der Waals surface area contributed by atoms with Gasteiger partial charge in [-0.3, -0.25) is 14.3 Å². The Morgan fingerprint density at radius 2 is 1.83 bits per heavy atom. The van der Waals surface area contributed by atoms with E-state index in [1.807, 2.05) is 59.2 Å². The smallest absolute Gasteiger partial charge is 0.234 e. The van der Waals surface area contributed by atoms with Crippen molar-refractivity contribution in [2.75, 3.05) is 11.1 Å². The molecule has 0 spiro atoms. The summed E-state index contributed by atoms with van der Waals surface area (Å²) in [4.78, 5) is 20.9. The zero-order valence-corrected chi connectivity index (χ0v) is 17.2. The largest absolute Gasteiger partial charge is 0.325 e. The maximum atomic E-state index is 12.5. The molecular weight excluding hydrogens is 396 g/mol. The monoisotopic (exact) mass is 416 g/mol. The van der Waals surface area contributed by atoms with Gasteiger partial charge in [-0.05, 0) is 36.2 Å². The zero-order chi connectivity index (χ0) is 20.8. The molecule has 150 valence electrons. The molecule has 8 heteroatoms. The summed E-state index contributed by atoms with van der Waals surface area (Å²) in [5.41, 5.74) is 3.51. The fraction of sp³-hybridized carbons (Fsp3) is 0.136. The minimum atomic E-state index is -0.104. The molecule has 1 N–H and O–H groups in total. The topological polar surface area (TPSA) is 85.6 Å². The zero-order valence-electron chi connectivity index (χ0n) is 16.4. The number of hydrogen-bond acceptors (Lipinski definition) is 6. The van der Waals surface area contributed by atoms with Crippen molar-refractivity contribution in [3.8, 4) is 17.2 Å². The van der Waals surface area contributed by atoms with E-state index in [4.69, 9.17) is 0 Å². The summed E-state index contributed by atoms with van der Waals surface area (Å²) in [5, 5.41) is 12.1. The van der Waals surface area contributed by atoms with Gasteiger partial charge in [-0.2, -0.15) is 0 Å². The summed E-state index contributed by atoms with van der Waals surface area (Å²) < 4.78 is 1.89. The van der Waals surface area contributed by atoms with Gasteiger partial charge in [0.1, 0.15) is 5.69 Å². The molecule has 0 unspecified atom stereocenters. The highest BCUT2D eigenvalue weighted by Gasteiger charge is 2.18. The first-order valence-electron chi connectivity index (χ1n) is 9.53. The van der Waals surface area contributed by atoms with E-state index in [9.17, 15) is 4.79 Å². The second kappa shape index (κ2) is 9.32. The average molecular weight is 417 g/mol. The number of carbonyl (C=O) groups excluding carboxylic acids is 1. The van der Waals surface area contributed by atoms with E-state index < -0.39 is 0 Å². The van der Waals surface area contributed by atoms with Crippen molar-refractivity contribution in [1.82, 2.24) is 24.7 Å². The predicted molar refractivity (Wildman–Crippen MR) is 118 cm³/mol. The van der Waals surface area contributed by atoms with Gasteiger partial charge in [0.05, 0.1) is 11.9 Å². The Kier molecular flexibility index (Phi) is 6.14. The molecule has 1 amide bonds. The number of carbonyl (C=O) groups is 1. The number of nitrogens with one attached hydrogen (secondary N) is 1. The van der Waals surface area contributed by atoms with Crippen molar-refractivity contribution in [1.29, 1.82) is 0 Å². The molecule has 0 bridgehead atoms. The fourth-order valence-corrected chi connectivity index (χ4v) is 3.66. The quantitative estimate of drug-likeness (QED) is 0.458. The van der Waals surface area contributed by atoms with Crippen LogP contribution in [-0.2, 0) is 11.2 Å². The molecule has 0 atom stereocenters. The maximum absolute atomic E-state index is 12.5. The lowest BCUT2D eigenvalue weighted by molar-refractivity contribution is -0.113. The third-order valence-electron chi connectivity index (χ3n) is 4.42. The standard InChI is InChI=1S/C22H20N6OS/c1-2-16-8-10-17(11-9-16)25-20(29)15-30-22-27-26-21(19-14-23-12-13-24-19)28(22)18-6-4-3-5-7-18/h3-14H,2,15H2,1H3,(H,25,29). The number of hydrogen-bond donors (Lipinski definition) is 1.